The first-order valence-corrected chi connectivity index (χ1v) is 24.9. The fourth-order valence-electron chi connectivity index (χ4n) is 7.58. The van der Waals surface area contributed by atoms with Gasteiger partial charge < -0.3 is 19.4 Å². The van der Waals surface area contributed by atoms with E-state index in [1.54, 1.807) is 53.7 Å². The Kier molecular flexibility index (Phi) is 13.7. The molecule has 4 aromatic carbocycles. The maximum Gasteiger partial charge on any atom is 0.356 e. The standard InChI is InChI=1S/C49H54N3O6PSi/c1-8-32-57-48(56)47(59(39-18-12-9-13-19-39,40-20-14-10-15-21-40)41-22-16-11-17-23-41)52-42(45(46(52)55)35(2)58-60(6,7)49(3,4)5)34-43(53)37-26-24-36(25-27-37)33-44(54)51-38-28-30-50-31-29-38/h8-31,35,42,45H,1,32-34H2,2-7H3,(H,50,51,54)/t35-,42-,45-/m1/s1. The van der Waals surface area contributed by atoms with E-state index >= 15 is 9.59 Å². The van der Waals surface area contributed by atoms with Crippen molar-refractivity contribution in [2.45, 2.75) is 70.8 Å². The lowest BCUT2D eigenvalue weighted by Gasteiger charge is -2.53. The number of carbonyl (C=O) groups is 4. The second-order valence-electron chi connectivity index (χ2n) is 16.6. The predicted molar refractivity (Wildman–Crippen MR) is 245 cm³/mol. The molecule has 1 saturated heterocycles. The van der Waals surface area contributed by atoms with E-state index in [-0.39, 0.29) is 47.5 Å². The number of Topliss-reactive ketones (excluding diaryl/α,β-unsaturated/α-hetero) is 1. The molecule has 0 unspecified atom stereocenters. The number of hydrogen-bond acceptors (Lipinski definition) is 7. The van der Waals surface area contributed by atoms with Crippen LogP contribution < -0.4 is 21.2 Å². The zero-order chi connectivity index (χ0) is 43.1. The van der Waals surface area contributed by atoms with Gasteiger partial charge in [-0.05, 0) is 58.7 Å². The molecule has 60 heavy (non-hydrogen) atoms. The first-order chi connectivity index (χ1) is 28.7. The summed E-state index contributed by atoms with van der Waals surface area (Å²) >= 11 is 0. The third kappa shape index (κ3) is 9.21. The molecule has 11 heteroatoms. The number of rotatable bonds is 16. The first-order valence-electron chi connectivity index (χ1n) is 20.2. The molecule has 0 bridgehead atoms. The predicted octanol–water partition coefficient (Wildman–Crippen LogP) is 7.93. The zero-order valence-electron chi connectivity index (χ0n) is 35.2. The van der Waals surface area contributed by atoms with Gasteiger partial charge in [0.2, 0.25) is 11.8 Å². The topological polar surface area (TPSA) is 115 Å². The monoisotopic (exact) mass is 839 g/mol. The van der Waals surface area contributed by atoms with Gasteiger partial charge >= 0.3 is 5.97 Å². The van der Waals surface area contributed by atoms with Crippen LogP contribution in [0.3, 0.4) is 0 Å². The van der Waals surface area contributed by atoms with E-state index in [2.05, 4.69) is 50.7 Å². The summed E-state index contributed by atoms with van der Waals surface area (Å²) < 4.78 is 12.9. The van der Waals surface area contributed by atoms with E-state index in [4.69, 9.17) is 9.16 Å². The van der Waals surface area contributed by atoms with Crippen molar-refractivity contribution in [2.75, 3.05) is 11.9 Å². The molecule has 2 amide bonds. The van der Waals surface area contributed by atoms with Crippen molar-refractivity contribution in [2.24, 2.45) is 5.92 Å². The van der Waals surface area contributed by atoms with Gasteiger partial charge in [0.15, 0.2) is 14.1 Å². The second kappa shape index (κ2) is 18.7. The zero-order valence-corrected chi connectivity index (χ0v) is 37.1. The van der Waals surface area contributed by atoms with Gasteiger partial charge in [0.25, 0.3) is 0 Å². The number of anilines is 1. The van der Waals surface area contributed by atoms with E-state index < -0.39 is 39.2 Å². The van der Waals surface area contributed by atoms with Crippen LogP contribution in [-0.4, -0.2) is 65.9 Å². The maximum absolute atomic E-state index is 15.2. The average Bonchev–Trinajstić information content (AvgIpc) is 3.23. The molecule has 1 aliphatic rings. The Morgan fingerprint density at radius 2 is 1.35 bits per heavy atom. The minimum Gasteiger partial charge on any atom is -0.457 e. The third-order valence-corrected chi connectivity index (χ3v) is 20.4. The lowest BCUT2D eigenvalue weighted by atomic mass is 9.79. The van der Waals surface area contributed by atoms with Gasteiger partial charge in [0, 0.05) is 37.0 Å². The molecule has 5 aromatic rings. The van der Waals surface area contributed by atoms with Gasteiger partial charge in [-0.25, -0.2) is 4.79 Å². The summed E-state index contributed by atoms with van der Waals surface area (Å²) in [6, 6.07) is 39.0. The summed E-state index contributed by atoms with van der Waals surface area (Å²) in [5.74, 6) is -2.10. The number of nitrogens with zero attached hydrogens (tertiary/aromatic N) is 2. The highest BCUT2D eigenvalue weighted by atomic mass is 31.2. The number of β-lactam (4-membered cyclic amide) rings is 1. The molecule has 3 atom stereocenters. The van der Waals surface area contributed by atoms with Crippen molar-refractivity contribution in [1.82, 2.24) is 9.88 Å². The number of esters is 1. The van der Waals surface area contributed by atoms with Crippen LogP contribution in [0.5, 0.6) is 0 Å². The average molecular weight is 840 g/mol. The summed E-state index contributed by atoms with van der Waals surface area (Å²) in [6.07, 6.45) is 4.19. The van der Waals surface area contributed by atoms with Crippen LogP contribution in [0.4, 0.5) is 5.69 Å². The van der Waals surface area contributed by atoms with Gasteiger partial charge in [-0.3, -0.25) is 19.4 Å². The van der Waals surface area contributed by atoms with E-state index in [9.17, 15) is 9.59 Å². The number of ketones is 1. The molecule has 9 nitrogen and oxygen atoms in total. The van der Waals surface area contributed by atoms with Gasteiger partial charge in [0.1, 0.15) is 12.0 Å². The summed E-state index contributed by atoms with van der Waals surface area (Å²) in [5.41, 5.74) is 2.00. The molecular weight excluding hydrogens is 786 g/mol. The highest BCUT2D eigenvalue weighted by Gasteiger charge is 2.57. The first kappa shape index (κ1) is 43.9. The summed E-state index contributed by atoms with van der Waals surface area (Å²) in [6.45, 7) is 13.1. The molecule has 0 radical (unpaired) electrons. The molecule has 1 fully saturated rings. The minimum absolute atomic E-state index is 0.0758. The molecule has 0 aliphatic carbocycles. The molecule has 2 heterocycles. The molecule has 6 rings (SSSR count). The minimum atomic E-state index is -3.21. The van der Waals surface area contributed by atoms with Crippen LogP contribution in [0, 0.1) is 5.92 Å². The highest BCUT2D eigenvalue weighted by molar-refractivity contribution is 7.96. The van der Waals surface area contributed by atoms with Gasteiger partial charge in [-0.1, -0.05) is 149 Å². The van der Waals surface area contributed by atoms with Gasteiger partial charge in [-0.2, -0.15) is 0 Å². The van der Waals surface area contributed by atoms with Crippen LogP contribution in [0.15, 0.2) is 152 Å². The van der Waals surface area contributed by atoms with Crippen LogP contribution in [0.2, 0.25) is 18.1 Å². The lowest BCUT2D eigenvalue weighted by molar-refractivity contribution is -0.156. The molecule has 310 valence electrons. The summed E-state index contributed by atoms with van der Waals surface area (Å²) in [5, 5.41) is 5.27. The number of benzene rings is 4. The smallest absolute Gasteiger partial charge is 0.356 e. The Hall–Kier alpha value is -5.67. The number of ether oxygens (including phenoxy) is 1. The summed E-state index contributed by atoms with van der Waals surface area (Å²) in [7, 11) is -2.40. The molecule has 0 saturated carbocycles. The largest absolute Gasteiger partial charge is 0.457 e. The number of likely N-dealkylation sites (tertiary alicyclic amines) is 1. The quantitative estimate of drug-likeness (QED) is 0.0268. The Bertz CT molecular complexity index is 2260. The number of pyridine rings is 1. The van der Waals surface area contributed by atoms with E-state index in [1.165, 1.54) is 6.08 Å². The molecule has 0 spiro atoms. The van der Waals surface area contributed by atoms with Crippen molar-refractivity contribution in [1.29, 1.82) is 0 Å². The maximum atomic E-state index is 15.2. The Morgan fingerprint density at radius 3 is 1.83 bits per heavy atom. The van der Waals surface area contributed by atoms with Crippen LogP contribution in [0.25, 0.3) is 0 Å². The van der Waals surface area contributed by atoms with Crippen LogP contribution >= 0.6 is 6.89 Å². The van der Waals surface area contributed by atoms with Gasteiger partial charge in [-0.15, -0.1) is 0 Å². The van der Waals surface area contributed by atoms with E-state index in [0.29, 0.717) is 11.3 Å². The summed E-state index contributed by atoms with van der Waals surface area (Å²) in [4.78, 5) is 63.1. The molecule has 1 aromatic heterocycles. The van der Waals surface area contributed by atoms with Crippen molar-refractivity contribution in [3.63, 3.8) is 0 Å². The lowest BCUT2D eigenvalue weighted by Crippen LogP contribution is -2.69. The number of nitrogens with one attached hydrogen (secondary N) is 1. The Morgan fingerprint density at radius 1 is 0.833 bits per heavy atom. The molecular formula is C49H54N3O6PSi. The fourth-order valence-corrected chi connectivity index (χ4v) is 13.4. The molecule has 1 N–H and O–H groups in total. The van der Waals surface area contributed by atoms with E-state index in [1.807, 2.05) is 97.9 Å². The number of carbonyl (C=O) groups excluding carboxylic acids is 4. The Balaban J connectivity index is 1.50. The van der Waals surface area contributed by atoms with E-state index in [0.717, 1.165) is 21.5 Å². The number of hydrogen-bond donors (Lipinski definition) is 1. The van der Waals surface area contributed by atoms with Crippen molar-refractivity contribution < 1.29 is 28.3 Å². The number of aromatic nitrogens is 1. The van der Waals surface area contributed by atoms with Crippen molar-refractivity contribution in [3.8, 4) is 0 Å². The number of amides is 2. The van der Waals surface area contributed by atoms with Crippen LogP contribution in [-0.2, 0) is 30.0 Å². The van der Waals surface area contributed by atoms with Crippen molar-refractivity contribution >= 4 is 65.8 Å². The SMILES string of the molecule is C=CCOC(=O)C(N1C(=O)[C@H]([C@@H](C)O[Si](C)(C)C(C)(C)C)[C@H]1CC(=O)c1ccc(CC(=O)Nc2ccncc2)cc1)=P(c1ccccc1)(c1ccccc1)c1ccccc1. The Labute approximate surface area is 355 Å². The second-order valence-corrected chi connectivity index (χ2v) is 24.6. The van der Waals surface area contributed by atoms with Gasteiger partial charge in [0.05, 0.1) is 24.5 Å². The van der Waals surface area contributed by atoms with Crippen molar-refractivity contribution in [3.05, 3.63) is 164 Å². The highest BCUT2D eigenvalue weighted by Crippen LogP contribution is 2.51. The van der Waals surface area contributed by atoms with Crippen LogP contribution in [0.1, 0.15) is 50.0 Å². The molecule has 1 aliphatic heterocycles. The third-order valence-electron chi connectivity index (χ3n) is 11.6. The fraction of sp³-hybridized carbons (Fsp3) is 0.265. The normalized spacial score (nSPS) is 16.0.